The highest BCUT2D eigenvalue weighted by Gasteiger charge is 2.25. The SMILES string of the molecule is CC(=NNC(=O)c1ccc([N+](=O)[O-])c(C)c1)c1cccc(NC(=O)C2CCC2)c1. The van der Waals surface area contributed by atoms with Crippen LogP contribution in [-0.4, -0.2) is 22.4 Å². The third-order valence-electron chi connectivity index (χ3n) is 5.00. The first kappa shape index (κ1) is 20.2. The molecule has 2 N–H and O–H groups in total. The van der Waals surface area contributed by atoms with Gasteiger partial charge in [-0.1, -0.05) is 18.6 Å². The number of carbonyl (C=O) groups is 2. The zero-order valence-corrected chi connectivity index (χ0v) is 16.3. The maximum atomic E-state index is 12.3. The van der Waals surface area contributed by atoms with E-state index in [2.05, 4.69) is 15.8 Å². The van der Waals surface area contributed by atoms with Crippen molar-refractivity contribution in [2.24, 2.45) is 11.0 Å². The van der Waals surface area contributed by atoms with Gasteiger partial charge in [-0.2, -0.15) is 5.10 Å². The summed E-state index contributed by atoms with van der Waals surface area (Å²) in [5.74, 6) is -0.334. The molecule has 1 aliphatic carbocycles. The first-order valence-electron chi connectivity index (χ1n) is 9.36. The molecule has 2 aromatic rings. The molecule has 0 spiro atoms. The van der Waals surface area contributed by atoms with Crippen LogP contribution in [0.15, 0.2) is 47.6 Å². The smallest absolute Gasteiger partial charge is 0.272 e. The van der Waals surface area contributed by atoms with Crippen molar-refractivity contribution in [2.45, 2.75) is 33.1 Å². The molecule has 1 fully saturated rings. The summed E-state index contributed by atoms with van der Waals surface area (Å²) in [7, 11) is 0. The minimum atomic E-state index is -0.490. The Morgan fingerprint density at radius 1 is 1.14 bits per heavy atom. The molecule has 150 valence electrons. The molecular formula is C21H22N4O4. The van der Waals surface area contributed by atoms with Crippen molar-refractivity contribution in [2.75, 3.05) is 5.32 Å². The van der Waals surface area contributed by atoms with Crippen molar-refractivity contribution in [1.82, 2.24) is 5.43 Å². The molecule has 2 amide bonds. The van der Waals surface area contributed by atoms with Gasteiger partial charge in [0, 0.05) is 28.8 Å². The van der Waals surface area contributed by atoms with Crippen molar-refractivity contribution < 1.29 is 14.5 Å². The average Bonchev–Trinajstić information content (AvgIpc) is 2.64. The van der Waals surface area contributed by atoms with E-state index in [4.69, 9.17) is 0 Å². The van der Waals surface area contributed by atoms with Crippen LogP contribution >= 0.6 is 0 Å². The fraction of sp³-hybridized carbons (Fsp3) is 0.286. The lowest BCUT2D eigenvalue weighted by Crippen LogP contribution is -2.28. The molecule has 0 radical (unpaired) electrons. The monoisotopic (exact) mass is 394 g/mol. The predicted molar refractivity (Wildman–Crippen MR) is 110 cm³/mol. The molecule has 0 saturated heterocycles. The molecule has 0 unspecified atom stereocenters. The van der Waals surface area contributed by atoms with Gasteiger partial charge in [-0.15, -0.1) is 0 Å². The van der Waals surface area contributed by atoms with Crippen molar-refractivity contribution >= 4 is 28.9 Å². The summed E-state index contributed by atoms with van der Waals surface area (Å²) in [5, 5.41) is 17.9. The Bertz CT molecular complexity index is 996. The third kappa shape index (κ3) is 4.84. The molecule has 8 nitrogen and oxygen atoms in total. The maximum Gasteiger partial charge on any atom is 0.272 e. The standard InChI is InChI=1S/C21H22N4O4/c1-13-11-17(9-10-19(13)25(28)29)21(27)24-23-14(2)16-7-4-8-18(12-16)22-20(26)15-5-3-6-15/h4,7-12,15H,3,5-6H2,1-2H3,(H,22,26)(H,24,27). The van der Waals surface area contributed by atoms with E-state index in [0.717, 1.165) is 24.8 Å². The average molecular weight is 394 g/mol. The van der Waals surface area contributed by atoms with E-state index in [-0.39, 0.29) is 23.1 Å². The molecule has 8 heteroatoms. The van der Waals surface area contributed by atoms with Crippen molar-refractivity contribution in [3.05, 3.63) is 69.3 Å². The highest BCUT2D eigenvalue weighted by atomic mass is 16.6. The fourth-order valence-electron chi connectivity index (χ4n) is 3.00. The quantitative estimate of drug-likeness (QED) is 0.441. The van der Waals surface area contributed by atoms with E-state index in [0.29, 0.717) is 17.0 Å². The Morgan fingerprint density at radius 3 is 2.52 bits per heavy atom. The van der Waals surface area contributed by atoms with E-state index in [1.54, 1.807) is 19.9 Å². The summed E-state index contributed by atoms with van der Waals surface area (Å²) in [4.78, 5) is 34.8. The Kier molecular flexibility index (Phi) is 6.01. The molecule has 3 rings (SSSR count). The number of hydrogen-bond acceptors (Lipinski definition) is 5. The van der Waals surface area contributed by atoms with Crippen LogP contribution in [0.4, 0.5) is 11.4 Å². The number of nitrogens with one attached hydrogen (secondary N) is 2. The van der Waals surface area contributed by atoms with Crippen LogP contribution in [0.3, 0.4) is 0 Å². The number of nitro groups is 1. The van der Waals surface area contributed by atoms with E-state index >= 15 is 0 Å². The highest BCUT2D eigenvalue weighted by molar-refractivity contribution is 6.02. The number of benzene rings is 2. The maximum absolute atomic E-state index is 12.3. The Morgan fingerprint density at radius 2 is 1.90 bits per heavy atom. The number of nitrogens with zero attached hydrogens (tertiary/aromatic N) is 2. The highest BCUT2D eigenvalue weighted by Crippen LogP contribution is 2.27. The lowest BCUT2D eigenvalue weighted by atomic mass is 9.85. The molecule has 0 heterocycles. The summed E-state index contributed by atoms with van der Waals surface area (Å²) < 4.78 is 0. The van der Waals surface area contributed by atoms with Gasteiger partial charge >= 0.3 is 0 Å². The minimum absolute atomic E-state index is 0.0323. The number of rotatable bonds is 6. The fourth-order valence-corrected chi connectivity index (χ4v) is 3.00. The van der Waals surface area contributed by atoms with E-state index in [1.807, 2.05) is 18.2 Å². The van der Waals surface area contributed by atoms with Gasteiger partial charge in [0.15, 0.2) is 0 Å². The largest absolute Gasteiger partial charge is 0.326 e. The van der Waals surface area contributed by atoms with Crippen molar-refractivity contribution in [3.63, 3.8) is 0 Å². The molecule has 1 aliphatic rings. The van der Waals surface area contributed by atoms with Crippen LogP contribution in [0.2, 0.25) is 0 Å². The van der Waals surface area contributed by atoms with Gasteiger partial charge in [-0.25, -0.2) is 5.43 Å². The molecule has 2 aromatic carbocycles. The van der Waals surface area contributed by atoms with E-state index in [1.165, 1.54) is 18.2 Å². The molecule has 0 aromatic heterocycles. The summed E-state index contributed by atoms with van der Waals surface area (Å²) >= 11 is 0. The third-order valence-corrected chi connectivity index (χ3v) is 5.00. The molecule has 29 heavy (non-hydrogen) atoms. The first-order chi connectivity index (χ1) is 13.8. The predicted octanol–water partition coefficient (Wildman–Crippen LogP) is 3.80. The van der Waals surface area contributed by atoms with Gasteiger partial charge in [0.05, 0.1) is 10.6 Å². The van der Waals surface area contributed by atoms with Gasteiger partial charge in [-0.3, -0.25) is 19.7 Å². The normalized spacial score (nSPS) is 14.1. The number of hydrazone groups is 1. The van der Waals surface area contributed by atoms with Crippen molar-refractivity contribution in [3.8, 4) is 0 Å². The molecular weight excluding hydrogens is 372 g/mol. The number of amides is 2. The zero-order valence-electron chi connectivity index (χ0n) is 16.3. The second-order valence-electron chi connectivity index (χ2n) is 7.09. The number of nitro benzene ring substituents is 1. The molecule has 0 atom stereocenters. The van der Waals surface area contributed by atoms with Crippen LogP contribution < -0.4 is 10.7 Å². The van der Waals surface area contributed by atoms with Crippen LogP contribution in [0.5, 0.6) is 0 Å². The summed E-state index contributed by atoms with van der Waals surface area (Å²) in [5.41, 5.74) is 5.12. The van der Waals surface area contributed by atoms with Gasteiger partial charge in [-0.05, 0) is 56.5 Å². The zero-order chi connectivity index (χ0) is 21.0. The second-order valence-corrected chi connectivity index (χ2v) is 7.09. The lowest BCUT2D eigenvalue weighted by molar-refractivity contribution is -0.385. The Hall–Kier alpha value is -3.55. The number of anilines is 1. The number of carbonyl (C=O) groups excluding carboxylic acids is 2. The summed E-state index contributed by atoms with van der Waals surface area (Å²) in [6.07, 6.45) is 2.96. The molecule has 1 saturated carbocycles. The summed E-state index contributed by atoms with van der Waals surface area (Å²) in [6.45, 7) is 3.32. The van der Waals surface area contributed by atoms with Crippen LogP contribution in [0, 0.1) is 23.0 Å². The summed E-state index contributed by atoms with van der Waals surface area (Å²) in [6, 6.07) is 11.4. The van der Waals surface area contributed by atoms with E-state index in [9.17, 15) is 19.7 Å². The Labute approximate surface area is 168 Å². The van der Waals surface area contributed by atoms with Gasteiger partial charge in [0.2, 0.25) is 5.91 Å². The molecule has 0 aliphatic heterocycles. The lowest BCUT2D eigenvalue weighted by Gasteiger charge is -2.24. The van der Waals surface area contributed by atoms with Gasteiger partial charge in [0.1, 0.15) is 0 Å². The van der Waals surface area contributed by atoms with Crippen LogP contribution in [0.25, 0.3) is 0 Å². The Balaban J connectivity index is 1.67. The van der Waals surface area contributed by atoms with Crippen molar-refractivity contribution in [1.29, 1.82) is 0 Å². The second kappa shape index (κ2) is 8.64. The van der Waals surface area contributed by atoms with Crippen LogP contribution in [0.1, 0.15) is 47.7 Å². The van der Waals surface area contributed by atoms with Crippen LogP contribution in [-0.2, 0) is 4.79 Å². The topological polar surface area (TPSA) is 114 Å². The first-order valence-corrected chi connectivity index (χ1v) is 9.36. The van der Waals surface area contributed by atoms with E-state index < -0.39 is 10.8 Å². The minimum Gasteiger partial charge on any atom is -0.326 e. The number of hydrogen-bond donors (Lipinski definition) is 2. The van der Waals surface area contributed by atoms with Gasteiger partial charge < -0.3 is 5.32 Å². The van der Waals surface area contributed by atoms with Gasteiger partial charge in [0.25, 0.3) is 11.6 Å². The molecule has 0 bridgehead atoms. The number of aryl methyl sites for hydroxylation is 1.